The molecule has 2 N–H and O–H groups in total. The molecule has 0 spiro atoms. The molecule has 2 unspecified atom stereocenters. The van der Waals surface area contributed by atoms with Gasteiger partial charge in [-0.05, 0) is 24.6 Å². The number of nitrogens with one attached hydrogen (secondary N) is 2. The quantitative estimate of drug-likeness (QED) is 0.767. The van der Waals surface area contributed by atoms with Crippen molar-refractivity contribution in [2.75, 3.05) is 23.8 Å². The molecule has 15 heavy (non-hydrogen) atoms. The average molecular weight is 207 g/mol. The second-order valence-corrected chi connectivity index (χ2v) is 4.18. The van der Waals surface area contributed by atoms with Crippen molar-refractivity contribution in [1.29, 1.82) is 0 Å². The molecule has 1 aromatic carbocycles. The van der Waals surface area contributed by atoms with E-state index in [2.05, 4.69) is 15.5 Å². The highest BCUT2D eigenvalue weighted by atomic mass is 19.1. The summed E-state index contributed by atoms with van der Waals surface area (Å²) in [5, 5.41) is 6.48. The van der Waals surface area contributed by atoms with Crippen LogP contribution >= 0.6 is 0 Å². The van der Waals surface area contributed by atoms with Gasteiger partial charge in [-0.3, -0.25) is 5.32 Å². The summed E-state index contributed by atoms with van der Waals surface area (Å²) in [6, 6.07) is 5.55. The lowest BCUT2D eigenvalue weighted by Gasteiger charge is -2.29. The summed E-state index contributed by atoms with van der Waals surface area (Å²) in [7, 11) is 1.83. The lowest BCUT2D eigenvalue weighted by atomic mass is 10.1. The first-order valence-electron chi connectivity index (χ1n) is 5.28. The van der Waals surface area contributed by atoms with Gasteiger partial charge < -0.3 is 10.2 Å². The van der Waals surface area contributed by atoms with E-state index in [1.165, 1.54) is 12.5 Å². The third kappa shape index (κ3) is 1.28. The van der Waals surface area contributed by atoms with E-state index in [1.807, 2.05) is 13.1 Å². The molecule has 2 atom stereocenters. The van der Waals surface area contributed by atoms with E-state index in [1.54, 1.807) is 6.07 Å². The summed E-state index contributed by atoms with van der Waals surface area (Å²) >= 11 is 0. The first-order valence-corrected chi connectivity index (χ1v) is 5.28. The molecule has 0 aromatic heterocycles. The summed E-state index contributed by atoms with van der Waals surface area (Å²) in [6.07, 6.45) is 1.66. The van der Waals surface area contributed by atoms with Crippen LogP contribution in [0.25, 0.3) is 0 Å². The van der Waals surface area contributed by atoms with Gasteiger partial charge in [-0.1, -0.05) is 0 Å². The van der Waals surface area contributed by atoms with Gasteiger partial charge in [0.15, 0.2) is 0 Å². The molecule has 3 aliphatic rings. The normalized spacial score (nSPS) is 27.7. The standard InChI is InChI=1S/C11H14FN3/c1-13-9-4-7(12)2-3-10(9)15-6-8-5-11(15)14-8/h2-4,8,11,13-14H,5-6H2,1H3. The molecule has 1 aromatic rings. The molecule has 0 amide bonds. The van der Waals surface area contributed by atoms with Crippen LogP contribution in [0.1, 0.15) is 6.42 Å². The van der Waals surface area contributed by atoms with Gasteiger partial charge in [0.2, 0.25) is 0 Å². The minimum atomic E-state index is -0.192. The maximum atomic E-state index is 13.1. The monoisotopic (exact) mass is 207 g/mol. The molecule has 4 heteroatoms. The Kier molecular flexibility index (Phi) is 1.85. The second kappa shape index (κ2) is 3.10. The molecule has 3 heterocycles. The minimum Gasteiger partial charge on any atom is -0.386 e. The highest BCUT2D eigenvalue weighted by Crippen LogP contribution is 2.36. The van der Waals surface area contributed by atoms with Crippen LogP contribution in [0.2, 0.25) is 0 Å². The van der Waals surface area contributed by atoms with Crippen LogP contribution in [0.3, 0.4) is 0 Å². The Morgan fingerprint density at radius 2 is 2.33 bits per heavy atom. The maximum absolute atomic E-state index is 13.1. The van der Waals surface area contributed by atoms with Crippen LogP contribution in [0.15, 0.2) is 18.2 Å². The van der Waals surface area contributed by atoms with E-state index >= 15 is 0 Å². The van der Waals surface area contributed by atoms with Gasteiger partial charge in [0, 0.05) is 19.6 Å². The van der Waals surface area contributed by atoms with Gasteiger partial charge in [-0.15, -0.1) is 0 Å². The van der Waals surface area contributed by atoms with Gasteiger partial charge in [-0.25, -0.2) is 4.39 Å². The van der Waals surface area contributed by atoms with Crippen LogP contribution in [-0.4, -0.2) is 25.8 Å². The van der Waals surface area contributed by atoms with E-state index in [4.69, 9.17) is 0 Å². The Morgan fingerprint density at radius 1 is 1.53 bits per heavy atom. The zero-order valence-electron chi connectivity index (χ0n) is 8.63. The smallest absolute Gasteiger partial charge is 0.125 e. The van der Waals surface area contributed by atoms with Crippen molar-refractivity contribution < 1.29 is 4.39 Å². The highest BCUT2D eigenvalue weighted by Gasteiger charge is 2.42. The van der Waals surface area contributed by atoms with Crippen LogP contribution in [0.4, 0.5) is 15.8 Å². The fourth-order valence-electron chi connectivity index (χ4n) is 2.45. The Balaban J connectivity index is 1.96. The van der Waals surface area contributed by atoms with Gasteiger partial charge in [0.05, 0.1) is 17.5 Å². The van der Waals surface area contributed by atoms with E-state index in [0.29, 0.717) is 12.2 Å². The highest BCUT2D eigenvalue weighted by molar-refractivity contribution is 5.71. The van der Waals surface area contributed by atoms with Crippen LogP contribution in [0, 0.1) is 5.82 Å². The number of halogens is 1. The molecule has 3 saturated heterocycles. The number of hydrogen-bond acceptors (Lipinski definition) is 3. The van der Waals surface area contributed by atoms with Crippen molar-refractivity contribution >= 4 is 11.4 Å². The predicted octanol–water partition coefficient (Wildman–Crippen LogP) is 1.38. The molecule has 0 aliphatic carbocycles. The van der Waals surface area contributed by atoms with Gasteiger partial charge in [-0.2, -0.15) is 0 Å². The molecule has 3 aliphatic heterocycles. The fraction of sp³-hybridized carbons (Fsp3) is 0.455. The van der Waals surface area contributed by atoms with Crippen molar-refractivity contribution in [2.45, 2.75) is 18.6 Å². The van der Waals surface area contributed by atoms with Crippen LogP contribution in [-0.2, 0) is 0 Å². The lowest BCUT2D eigenvalue weighted by Crippen LogP contribution is -2.47. The Bertz CT molecular complexity index is 387. The van der Waals surface area contributed by atoms with Crippen molar-refractivity contribution in [3.63, 3.8) is 0 Å². The van der Waals surface area contributed by atoms with E-state index in [-0.39, 0.29) is 5.82 Å². The number of rotatable bonds is 2. The number of hydrogen-bond donors (Lipinski definition) is 2. The molecule has 3 nitrogen and oxygen atoms in total. The third-order valence-electron chi connectivity index (χ3n) is 3.27. The molecule has 3 fully saturated rings. The van der Waals surface area contributed by atoms with Crippen molar-refractivity contribution in [3.8, 4) is 0 Å². The Hall–Kier alpha value is -1.29. The summed E-state index contributed by atoms with van der Waals surface area (Å²) in [5.41, 5.74) is 1.96. The summed E-state index contributed by atoms with van der Waals surface area (Å²) in [4.78, 5) is 2.30. The van der Waals surface area contributed by atoms with Gasteiger partial charge >= 0.3 is 0 Å². The fourth-order valence-corrected chi connectivity index (χ4v) is 2.45. The number of benzene rings is 1. The number of anilines is 2. The Morgan fingerprint density at radius 3 is 2.93 bits per heavy atom. The largest absolute Gasteiger partial charge is 0.386 e. The first kappa shape index (κ1) is 8.97. The van der Waals surface area contributed by atoms with Crippen molar-refractivity contribution in [2.24, 2.45) is 0 Å². The molecular weight excluding hydrogens is 193 g/mol. The number of nitrogens with zero attached hydrogens (tertiary/aromatic N) is 1. The first-order chi connectivity index (χ1) is 7.28. The van der Waals surface area contributed by atoms with E-state index in [0.717, 1.165) is 17.9 Å². The maximum Gasteiger partial charge on any atom is 0.125 e. The zero-order chi connectivity index (χ0) is 10.4. The van der Waals surface area contributed by atoms with Crippen molar-refractivity contribution in [3.05, 3.63) is 24.0 Å². The van der Waals surface area contributed by atoms with Crippen molar-refractivity contribution in [1.82, 2.24) is 5.32 Å². The predicted molar refractivity (Wildman–Crippen MR) is 58.6 cm³/mol. The second-order valence-electron chi connectivity index (χ2n) is 4.18. The third-order valence-corrected chi connectivity index (χ3v) is 3.27. The Labute approximate surface area is 88.3 Å². The molecule has 0 radical (unpaired) electrons. The summed E-state index contributed by atoms with van der Waals surface area (Å²) in [5.74, 6) is -0.192. The molecule has 4 rings (SSSR count). The summed E-state index contributed by atoms with van der Waals surface area (Å²) < 4.78 is 13.1. The van der Waals surface area contributed by atoms with Crippen LogP contribution < -0.4 is 15.5 Å². The molecule has 80 valence electrons. The zero-order valence-corrected chi connectivity index (χ0v) is 8.63. The average Bonchev–Trinajstić information content (AvgIpc) is 2.75. The lowest BCUT2D eigenvalue weighted by molar-refractivity contribution is 0.374. The van der Waals surface area contributed by atoms with Crippen LogP contribution in [0.5, 0.6) is 0 Å². The number of fused-ring (bicyclic) bond motifs is 1. The molecule has 2 bridgehead atoms. The summed E-state index contributed by atoms with van der Waals surface area (Å²) in [6.45, 7) is 1.03. The molecule has 0 saturated carbocycles. The van der Waals surface area contributed by atoms with E-state index in [9.17, 15) is 4.39 Å². The van der Waals surface area contributed by atoms with Gasteiger partial charge in [0.25, 0.3) is 0 Å². The van der Waals surface area contributed by atoms with Gasteiger partial charge in [0.1, 0.15) is 5.82 Å². The minimum absolute atomic E-state index is 0.192. The topological polar surface area (TPSA) is 27.3 Å². The van der Waals surface area contributed by atoms with E-state index < -0.39 is 0 Å². The molecular formula is C11H14FN3. The SMILES string of the molecule is CNc1cc(F)ccc1N1CC2CC1N2.